The van der Waals surface area contributed by atoms with E-state index in [9.17, 15) is 0 Å². The highest BCUT2D eigenvalue weighted by Crippen LogP contribution is 2.26. The van der Waals surface area contributed by atoms with Crippen molar-refractivity contribution in [1.82, 2.24) is 9.97 Å². The topological polar surface area (TPSA) is 64.8 Å². The smallest absolute Gasteiger partial charge is 0.134 e. The first-order valence-electron chi connectivity index (χ1n) is 6.40. The zero-order chi connectivity index (χ0) is 13.0. The lowest BCUT2D eigenvalue weighted by molar-refractivity contribution is 0.645. The largest absolute Gasteiger partial charge is 0.357 e. The quantitative estimate of drug-likeness (QED) is 0.823. The Morgan fingerprint density at radius 2 is 2.17 bits per heavy atom. The van der Waals surface area contributed by atoms with E-state index in [-0.39, 0.29) is 6.54 Å². The van der Waals surface area contributed by atoms with Gasteiger partial charge in [-0.3, -0.25) is 0 Å². The van der Waals surface area contributed by atoms with Crippen molar-refractivity contribution in [3.05, 3.63) is 11.9 Å². The van der Waals surface area contributed by atoms with Crippen molar-refractivity contribution in [3.8, 4) is 6.07 Å². The van der Waals surface area contributed by atoms with Gasteiger partial charge in [-0.25, -0.2) is 9.97 Å². The lowest BCUT2D eigenvalue weighted by Gasteiger charge is -2.25. The normalized spacial score (nSPS) is 15.4. The number of aryl methyl sites for hydroxylation is 1. The molecule has 1 aromatic rings. The molecule has 0 spiro atoms. The first kappa shape index (κ1) is 12.6. The Morgan fingerprint density at radius 1 is 1.44 bits per heavy atom. The lowest BCUT2D eigenvalue weighted by Crippen LogP contribution is -2.30. The molecule has 1 heterocycles. The minimum atomic E-state index is 0.267. The van der Waals surface area contributed by atoms with E-state index in [0.717, 1.165) is 17.5 Å². The van der Waals surface area contributed by atoms with Crippen LogP contribution in [0.4, 0.5) is 11.6 Å². The molecule has 0 atom stereocenters. The summed E-state index contributed by atoms with van der Waals surface area (Å²) in [6.45, 7) is 2.15. The first-order chi connectivity index (χ1) is 8.70. The Hall–Kier alpha value is -1.83. The maximum Gasteiger partial charge on any atom is 0.134 e. The van der Waals surface area contributed by atoms with Crippen LogP contribution in [0.25, 0.3) is 0 Å². The number of hydrogen-bond acceptors (Lipinski definition) is 5. The van der Waals surface area contributed by atoms with Crippen molar-refractivity contribution in [2.75, 3.05) is 23.8 Å². The highest BCUT2D eigenvalue weighted by Gasteiger charge is 2.21. The van der Waals surface area contributed by atoms with E-state index in [1.807, 2.05) is 13.0 Å². The molecule has 0 amide bonds. The van der Waals surface area contributed by atoms with Gasteiger partial charge in [0.15, 0.2) is 0 Å². The van der Waals surface area contributed by atoms with E-state index < -0.39 is 0 Å². The minimum absolute atomic E-state index is 0.267. The number of nitrogens with one attached hydrogen (secondary N) is 1. The Bertz CT molecular complexity index is 445. The summed E-state index contributed by atoms with van der Waals surface area (Å²) in [7, 11) is 2.09. The molecule has 2 rings (SSSR count). The Labute approximate surface area is 108 Å². The Morgan fingerprint density at radius 3 is 2.83 bits per heavy atom. The van der Waals surface area contributed by atoms with Gasteiger partial charge in [-0.05, 0) is 19.8 Å². The summed E-state index contributed by atoms with van der Waals surface area (Å²) in [4.78, 5) is 11.0. The van der Waals surface area contributed by atoms with Gasteiger partial charge in [-0.1, -0.05) is 12.8 Å². The fraction of sp³-hybridized carbons (Fsp3) is 0.615. The van der Waals surface area contributed by atoms with Crippen LogP contribution in [0.3, 0.4) is 0 Å². The standard InChI is InChI=1S/C13H19N5/c1-10-16-12(15-8-7-14)9-13(17-10)18(2)11-5-3-4-6-11/h9,11H,3-6,8H2,1-2H3,(H,15,16,17). The molecule has 1 aromatic heterocycles. The van der Waals surface area contributed by atoms with Crippen LogP contribution >= 0.6 is 0 Å². The third kappa shape index (κ3) is 2.89. The number of rotatable bonds is 4. The molecule has 1 aliphatic rings. The summed E-state index contributed by atoms with van der Waals surface area (Å²) in [6.07, 6.45) is 5.08. The van der Waals surface area contributed by atoms with E-state index in [1.54, 1.807) is 0 Å². The molecule has 5 nitrogen and oxygen atoms in total. The number of hydrogen-bond donors (Lipinski definition) is 1. The van der Waals surface area contributed by atoms with E-state index >= 15 is 0 Å². The van der Waals surface area contributed by atoms with Crippen LogP contribution in [-0.2, 0) is 0 Å². The SMILES string of the molecule is Cc1nc(NCC#N)cc(N(C)C2CCCC2)n1. The van der Waals surface area contributed by atoms with Gasteiger partial charge in [0.2, 0.25) is 0 Å². The first-order valence-corrected chi connectivity index (χ1v) is 6.40. The molecule has 0 aromatic carbocycles. The summed E-state index contributed by atoms with van der Waals surface area (Å²) in [5, 5.41) is 11.6. The summed E-state index contributed by atoms with van der Waals surface area (Å²) in [6, 6.07) is 4.56. The molecule has 96 valence electrons. The van der Waals surface area contributed by atoms with Crippen LogP contribution in [-0.4, -0.2) is 29.6 Å². The van der Waals surface area contributed by atoms with Gasteiger partial charge in [-0.2, -0.15) is 5.26 Å². The molecule has 0 radical (unpaired) electrons. The predicted molar refractivity (Wildman–Crippen MR) is 71.5 cm³/mol. The fourth-order valence-corrected chi connectivity index (χ4v) is 2.43. The maximum absolute atomic E-state index is 8.58. The molecule has 5 heteroatoms. The van der Waals surface area contributed by atoms with Crippen LogP contribution < -0.4 is 10.2 Å². The van der Waals surface area contributed by atoms with Crippen LogP contribution in [0.2, 0.25) is 0 Å². The zero-order valence-electron chi connectivity index (χ0n) is 11.0. The molecular formula is C13H19N5. The number of nitrogens with zero attached hydrogens (tertiary/aromatic N) is 4. The molecular weight excluding hydrogens is 226 g/mol. The second-order valence-electron chi connectivity index (χ2n) is 4.72. The second kappa shape index (κ2) is 5.67. The van der Waals surface area contributed by atoms with E-state index in [1.165, 1.54) is 25.7 Å². The van der Waals surface area contributed by atoms with Crippen molar-refractivity contribution >= 4 is 11.6 Å². The van der Waals surface area contributed by atoms with E-state index in [0.29, 0.717) is 6.04 Å². The summed E-state index contributed by atoms with van der Waals surface area (Å²) < 4.78 is 0. The molecule has 1 saturated carbocycles. The average molecular weight is 245 g/mol. The van der Waals surface area contributed by atoms with Gasteiger partial charge >= 0.3 is 0 Å². The zero-order valence-corrected chi connectivity index (χ0v) is 11.0. The van der Waals surface area contributed by atoms with Gasteiger partial charge in [0.1, 0.15) is 24.0 Å². The molecule has 1 N–H and O–H groups in total. The number of aromatic nitrogens is 2. The van der Waals surface area contributed by atoms with E-state index in [2.05, 4.69) is 33.3 Å². The van der Waals surface area contributed by atoms with Gasteiger partial charge < -0.3 is 10.2 Å². The van der Waals surface area contributed by atoms with E-state index in [4.69, 9.17) is 5.26 Å². The van der Waals surface area contributed by atoms with Gasteiger partial charge in [0.25, 0.3) is 0 Å². The molecule has 0 aliphatic heterocycles. The molecule has 0 saturated heterocycles. The maximum atomic E-state index is 8.58. The highest BCUT2D eigenvalue weighted by molar-refractivity contribution is 5.50. The molecule has 0 unspecified atom stereocenters. The van der Waals surface area contributed by atoms with Crippen molar-refractivity contribution in [1.29, 1.82) is 5.26 Å². The van der Waals surface area contributed by atoms with Crippen molar-refractivity contribution < 1.29 is 0 Å². The molecule has 1 fully saturated rings. The van der Waals surface area contributed by atoms with Crippen LogP contribution in [0, 0.1) is 18.3 Å². The van der Waals surface area contributed by atoms with Crippen LogP contribution in [0.5, 0.6) is 0 Å². The van der Waals surface area contributed by atoms with Crippen molar-refractivity contribution in [2.24, 2.45) is 0 Å². The lowest BCUT2D eigenvalue weighted by atomic mass is 10.2. The van der Waals surface area contributed by atoms with Gasteiger partial charge in [0, 0.05) is 19.2 Å². The summed E-state index contributed by atoms with van der Waals surface area (Å²) in [5.74, 6) is 2.40. The Balaban J connectivity index is 2.16. The molecule has 0 bridgehead atoms. The van der Waals surface area contributed by atoms with Gasteiger partial charge in [-0.15, -0.1) is 0 Å². The van der Waals surface area contributed by atoms with Crippen LogP contribution in [0.15, 0.2) is 6.07 Å². The Kier molecular flexibility index (Phi) is 3.98. The van der Waals surface area contributed by atoms with Gasteiger partial charge in [0.05, 0.1) is 6.07 Å². The second-order valence-corrected chi connectivity index (χ2v) is 4.72. The highest BCUT2D eigenvalue weighted by atomic mass is 15.2. The monoisotopic (exact) mass is 245 g/mol. The predicted octanol–water partition coefficient (Wildman–Crippen LogP) is 2.10. The van der Waals surface area contributed by atoms with Crippen molar-refractivity contribution in [3.63, 3.8) is 0 Å². The minimum Gasteiger partial charge on any atom is -0.357 e. The number of anilines is 2. The molecule has 1 aliphatic carbocycles. The van der Waals surface area contributed by atoms with Crippen molar-refractivity contribution in [2.45, 2.75) is 38.6 Å². The summed E-state index contributed by atoms with van der Waals surface area (Å²) >= 11 is 0. The summed E-state index contributed by atoms with van der Waals surface area (Å²) in [5.41, 5.74) is 0. The average Bonchev–Trinajstić information content (AvgIpc) is 2.88. The fourth-order valence-electron chi connectivity index (χ4n) is 2.43. The molecule has 18 heavy (non-hydrogen) atoms. The third-order valence-electron chi connectivity index (χ3n) is 3.41. The third-order valence-corrected chi connectivity index (χ3v) is 3.41. The van der Waals surface area contributed by atoms with Crippen LogP contribution in [0.1, 0.15) is 31.5 Å². The number of nitriles is 1.